The number of hydrogen-bond donors (Lipinski definition) is 1. The van der Waals surface area contributed by atoms with Crippen molar-refractivity contribution in [3.63, 3.8) is 0 Å². The van der Waals surface area contributed by atoms with Gasteiger partial charge in [0.05, 0.1) is 16.8 Å². The molecule has 2 unspecified atom stereocenters. The van der Waals surface area contributed by atoms with Crippen LogP contribution in [0.15, 0.2) is 18.2 Å². The van der Waals surface area contributed by atoms with Gasteiger partial charge in [-0.2, -0.15) is 0 Å². The number of nitrogens with one attached hydrogen (secondary N) is 1. The number of nitrogens with zero attached hydrogens (tertiary/aromatic N) is 2. The molecular formula is C17H19N3O5S. The number of likely N-dealkylation sites (tertiary alicyclic amines) is 1. The third-order valence-corrected chi connectivity index (χ3v) is 5.74. The van der Waals surface area contributed by atoms with Gasteiger partial charge in [0, 0.05) is 23.7 Å². The van der Waals surface area contributed by atoms with Crippen LogP contribution in [0.4, 0.5) is 5.69 Å². The summed E-state index contributed by atoms with van der Waals surface area (Å²) in [6, 6.07) is 3.55. The van der Waals surface area contributed by atoms with Crippen molar-refractivity contribution in [3.8, 4) is 0 Å². The number of amides is 1. The van der Waals surface area contributed by atoms with Gasteiger partial charge in [-0.25, -0.2) is 0 Å². The van der Waals surface area contributed by atoms with Gasteiger partial charge in [0.15, 0.2) is 5.78 Å². The molecule has 8 nitrogen and oxygen atoms in total. The minimum absolute atomic E-state index is 0.115. The van der Waals surface area contributed by atoms with Crippen LogP contribution in [-0.4, -0.2) is 51.1 Å². The molecule has 1 aromatic rings. The molecule has 0 radical (unpaired) electrons. The molecule has 2 aliphatic rings. The topological polar surface area (TPSA) is 110 Å². The smallest absolute Gasteiger partial charge is 0.273 e. The van der Waals surface area contributed by atoms with Crippen molar-refractivity contribution in [1.82, 2.24) is 10.2 Å². The number of hydrogen-bond acceptors (Lipinski definition) is 7. The Morgan fingerprint density at radius 2 is 2.12 bits per heavy atom. The summed E-state index contributed by atoms with van der Waals surface area (Å²) >= 11 is 1.01. The molecule has 0 spiro atoms. The Bertz CT molecular complexity index is 766. The molecule has 3 rings (SSSR count). The van der Waals surface area contributed by atoms with Crippen LogP contribution in [0.1, 0.15) is 35.2 Å². The van der Waals surface area contributed by atoms with Crippen molar-refractivity contribution in [2.75, 3.05) is 12.3 Å². The zero-order valence-electron chi connectivity index (χ0n) is 14.3. The first-order valence-electron chi connectivity index (χ1n) is 8.40. The number of carbonyl (C=O) groups is 3. The molecule has 1 N–H and O–H groups in total. The van der Waals surface area contributed by atoms with Crippen molar-refractivity contribution in [3.05, 3.63) is 39.4 Å². The largest absolute Gasteiger partial charge is 0.336 e. The van der Waals surface area contributed by atoms with Crippen molar-refractivity contribution < 1.29 is 19.3 Å². The van der Waals surface area contributed by atoms with E-state index in [2.05, 4.69) is 5.32 Å². The lowest BCUT2D eigenvalue weighted by atomic mass is 10.0. The predicted octanol–water partition coefficient (Wildman–Crippen LogP) is 1.66. The predicted molar refractivity (Wildman–Crippen MR) is 95.9 cm³/mol. The molecule has 0 saturated carbocycles. The number of nitro benzene ring substituents is 1. The van der Waals surface area contributed by atoms with E-state index in [-0.39, 0.29) is 27.9 Å². The van der Waals surface area contributed by atoms with Gasteiger partial charge in [0.25, 0.3) is 11.6 Å². The van der Waals surface area contributed by atoms with Crippen LogP contribution >= 0.6 is 11.8 Å². The Hall–Kier alpha value is -2.26. The molecule has 0 aromatic heterocycles. The van der Waals surface area contributed by atoms with Gasteiger partial charge in [0.2, 0.25) is 5.12 Å². The fourth-order valence-corrected chi connectivity index (χ4v) is 4.33. The summed E-state index contributed by atoms with van der Waals surface area (Å²) < 4.78 is 0. The van der Waals surface area contributed by atoms with Crippen LogP contribution in [-0.2, 0) is 9.59 Å². The van der Waals surface area contributed by atoms with Gasteiger partial charge < -0.3 is 5.32 Å². The maximum atomic E-state index is 12.7. The van der Waals surface area contributed by atoms with Gasteiger partial charge in [-0.3, -0.25) is 29.4 Å². The summed E-state index contributed by atoms with van der Waals surface area (Å²) in [5.41, 5.74) is 0.403. The molecule has 2 fully saturated rings. The monoisotopic (exact) mass is 377 g/mol. The summed E-state index contributed by atoms with van der Waals surface area (Å²) in [7, 11) is 0. The van der Waals surface area contributed by atoms with E-state index in [1.807, 2.05) is 0 Å². The second kappa shape index (κ2) is 7.55. The second-order valence-corrected chi connectivity index (χ2v) is 7.39. The van der Waals surface area contributed by atoms with Gasteiger partial charge >= 0.3 is 0 Å². The number of rotatable bonds is 4. The van der Waals surface area contributed by atoms with Crippen LogP contribution < -0.4 is 5.32 Å². The lowest BCUT2D eigenvalue weighted by Gasteiger charge is -2.38. The highest BCUT2D eigenvalue weighted by Crippen LogP contribution is 2.27. The highest BCUT2D eigenvalue weighted by Gasteiger charge is 2.42. The highest BCUT2D eigenvalue weighted by atomic mass is 32.2. The summed E-state index contributed by atoms with van der Waals surface area (Å²) in [4.78, 5) is 49.2. The quantitative estimate of drug-likeness (QED) is 0.483. The number of nitro groups is 1. The van der Waals surface area contributed by atoms with Gasteiger partial charge in [-0.15, -0.1) is 0 Å². The second-order valence-electron chi connectivity index (χ2n) is 6.41. The molecule has 2 saturated heterocycles. The number of benzene rings is 1. The van der Waals surface area contributed by atoms with E-state index in [0.717, 1.165) is 24.6 Å². The minimum atomic E-state index is -0.809. The van der Waals surface area contributed by atoms with Gasteiger partial charge in [-0.1, -0.05) is 17.8 Å². The molecule has 0 aliphatic carbocycles. The molecule has 0 bridgehead atoms. The summed E-state index contributed by atoms with van der Waals surface area (Å²) in [6.07, 6.45) is 1.91. The molecular weight excluding hydrogens is 358 g/mol. The van der Waals surface area contributed by atoms with Crippen LogP contribution in [0.3, 0.4) is 0 Å². The molecule has 9 heteroatoms. The molecule has 26 heavy (non-hydrogen) atoms. The fourth-order valence-electron chi connectivity index (χ4n) is 3.47. The maximum absolute atomic E-state index is 12.7. The SMILES string of the molecule is Cc1c(C(=O)NC2CCCCN2C2C(=O)CSC2=O)cccc1[N+](=O)[O-]. The zero-order chi connectivity index (χ0) is 18.8. The first-order valence-corrected chi connectivity index (χ1v) is 9.38. The third-order valence-electron chi connectivity index (χ3n) is 4.81. The number of thioether (sulfide) groups is 1. The number of Topliss-reactive ketones (excluding diaryl/α,β-unsaturated/α-hetero) is 1. The van der Waals surface area contributed by atoms with E-state index in [0.29, 0.717) is 18.5 Å². The van der Waals surface area contributed by atoms with E-state index >= 15 is 0 Å². The number of carbonyl (C=O) groups excluding carboxylic acids is 3. The van der Waals surface area contributed by atoms with Gasteiger partial charge in [-0.05, 0) is 32.3 Å². The molecule has 2 atom stereocenters. The molecule has 2 heterocycles. The normalized spacial score (nSPS) is 23.9. The van der Waals surface area contributed by atoms with E-state index in [1.165, 1.54) is 25.1 Å². The van der Waals surface area contributed by atoms with Crippen molar-refractivity contribution in [2.45, 2.75) is 38.4 Å². The Kier molecular flexibility index (Phi) is 5.38. The van der Waals surface area contributed by atoms with Crippen LogP contribution in [0.2, 0.25) is 0 Å². The average Bonchev–Trinajstić information content (AvgIpc) is 2.94. The Labute approximate surface area is 154 Å². The summed E-state index contributed by atoms with van der Waals surface area (Å²) in [5.74, 6) is -0.397. The van der Waals surface area contributed by atoms with Crippen molar-refractivity contribution >= 4 is 34.3 Å². The van der Waals surface area contributed by atoms with E-state index in [1.54, 1.807) is 4.90 Å². The van der Waals surface area contributed by atoms with E-state index in [9.17, 15) is 24.5 Å². The number of ketones is 1. The summed E-state index contributed by atoms with van der Waals surface area (Å²) in [6.45, 7) is 2.09. The van der Waals surface area contributed by atoms with Crippen LogP contribution in [0, 0.1) is 17.0 Å². The molecule has 138 valence electrons. The molecule has 1 aromatic carbocycles. The average molecular weight is 377 g/mol. The van der Waals surface area contributed by atoms with Crippen LogP contribution in [0.5, 0.6) is 0 Å². The first kappa shape index (κ1) is 18.5. The Balaban J connectivity index is 1.81. The van der Waals surface area contributed by atoms with Crippen molar-refractivity contribution in [1.29, 1.82) is 0 Å². The Morgan fingerprint density at radius 1 is 1.35 bits per heavy atom. The third kappa shape index (κ3) is 3.49. The van der Waals surface area contributed by atoms with E-state index < -0.39 is 23.0 Å². The maximum Gasteiger partial charge on any atom is 0.273 e. The standard InChI is InChI=1S/C17H19N3O5S/c1-10-11(5-4-6-12(10)20(24)25)16(22)18-14-7-2-3-8-19(14)15-13(21)9-26-17(15)23/h4-6,14-15H,2-3,7-9H2,1H3,(H,18,22). The fraction of sp³-hybridized carbons (Fsp3) is 0.471. The first-order chi connectivity index (χ1) is 12.4. The zero-order valence-corrected chi connectivity index (χ0v) is 15.1. The van der Waals surface area contributed by atoms with Crippen LogP contribution in [0.25, 0.3) is 0 Å². The van der Waals surface area contributed by atoms with Crippen molar-refractivity contribution in [2.24, 2.45) is 0 Å². The van der Waals surface area contributed by atoms with E-state index in [4.69, 9.17) is 0 Å². The Morgan fingerprint density at radius 3 is 2.77 bits per heavy atom. The lowest BCUT2D eigenvalue weighted by molar-refractivity contribution is -0.385. The summed E-state index contributed by atoms with van der Waals surface area (Å²) in [5, 5.41) is 13.8. The molecule has 2 aliphatic heterocycles. The molecule has 1 amide bonds. The minimum Gasteiger partial charge on any atom is -0.336 e. The van der Waals surface area contributed by atoms with Gasteiger partial charge in [0.1, 0.15) is 6.04 Å². The number of piperidine rings is 1. The lowest BCUT2D eigenvalue weighted by Crippen LogP contribution is -2.57. The highest BCUT2D eigenvalue weighted by molar-refractivity contribution is 8.15.